The van der Waals surface area contributed by atoms with Crippen molar-refractivity contribution in [2.24, 2.45) is 0 Å². The fourth-order valence-electron chi connectivity index (χ4n) is 1.95. The summed E-state index contributed by atoms with van der Waals surface area (Å²) in [7, 11) is 0. The molecule has 0 spiro atoms. The molecule has 7 heteroatoms. The highest BCUT2D eigenvalue weighted by atomic mass is 35.5. The van der Waals surface area contributed by atoms with Crippen LogP contribution in [0.1, 0.15) is 10.4 Å². The van der Waals surface area contributed by atoms with Gasteiger partial charge in [0, 0.05) is 0 Å². The zero-order chi connectivity index (χ0) is 16.2. The molecule has 3 aromatic rings. The molecule has 0 saturated heterocycles. The van der Waals surface area contributed by atoms with Crippen LogP contribution in [0.25, 0.3) is 11.1 Å². The minimum Gasteiger partial charge on any atom is -0.452 e. The number of halogens is 1. The first-order chi connectivity index (χ1) is 11.1. The second-order valence-electron chi connectivity index (χ2n) is 4.64. The van der Waals surface area contributed by atoms with Crippen molar-refractivity contribution in [2.75, 3.05) is 11.9 Å². The Morgan fingerprint density at radius 2 is 2.04 bits per heavy atom. The van der Waals surface area contributed by atoms with Crippen LogP contribution in [-0.4, -0.2) is 23.5 Å². The molecule has 0 bridgehead atoms. The van der Waals surface area contributed by atoms with E-state index in [9.17, 15) is 9.59 Å². The van der Waals surface area contributed by atoms with Gasteiger partial charge in [0.1, 0.15) is 5.52 Å². The van der Waals surface area contributed by atoms with Crippen molar-refractivity contribution in [3.8, 4) is 0 Å². The molecule has 3 rings (SSSR count). The number of hydrogen-bond donors (Lipinski definition) is 1. The molecule has 0 atom stereocenters. The number of hydrogen-bond acceptors (Lipinski definition) is 5. The number of ether oxygens (including phenoxy) is 1. The SMILES string of the molecule is O=C(COC(=O)c1ccc2ocnc2c1)Nc1ccccc1Cl. The van der Waals surface area contributed by atoms with E-state index in [4.69, 9.17) is 20.8 Å². The van der Waals surface area contributed by atoms with Gasteiger partial charge in [0.25, 0.3) is 5.91 Å². The van der Waals surface area contributed by atoms with Crippen LogP contribution in [-0.2, 0) is 9.53 Å². The third kappa shape index (κ3) is 3.49. The van der Waals surface area contributed by atoms with E-state index in [1.54, 1.807) is 36.4 Å². The fraction of sp³-hybridized carbons (Fsp3) is 0.0625. The number of aromatic nitrogens is 1. The molecule has 116 valence electrons. The van der Waals surface area contributed by atoms with E-state index in [0.717, 1.165) is 0 Å². The maximum atomic E-state index is 11.9. The topological polar surface area (TPSA) is 81.4 Å². The fourth-order valence-corrected chi connectivity index (χ4v) is 2.13. The highest BCUT2D eigenvalue weighted by Gasteiger charge is 2.12. The Bertz CT molecular complexity index is 875. The second-order valence-corrected chi connectivity index (χ2v) is 5.05. The number of benzene rings is 2. The van der Waals surface area contributed by atoms with Gasteiger partial charge in [-0.05, 0) is 30.3 Å². The summed E-state index contributed by atoms with van der Waals surface area (Å²) in [6.45, 7) is -0.416. The molecule has 0 saturated carbocycles. The number of nitrogens with zero attached hydrogens (tertiary/aromatic N) is 1. The number of esters is 1. The second kappa shape index (κ2) is 6.50. The van der Waals surface area contributed by atoms with Crippen LogP contribution in [0.3, 0.4) is 0 Å². The molecule has 0 radical (unpaired) electrons. The first kappa shape index (κ1) is 15.1. The Kier molecular flexibility index (Phi) is 4.25. The van der Waals surface area contributed by atoms with Crippen molar-refractivity contribution in [1.82, 2.24) is 4.98 Å². The number of carbonyl (C=O) groups is 2. The molecule has 0 unspecified atom stereocenters. The molecule has 0 aliphatic heterocycles. The molecule has 6 nitrogen and oxygen atoms in total. The van der Waals surface area contributed by atoms with Crippen molar-refractivity contribution in [3.05, 3.63) is 59.4 Å². The van der Waals surface area contributed by atoms with E-state index in [2.05, 4.69) is 10.3 Å². The first-order valence-electron chi connectivity index (χ1n) is 6.68. The number of carbonyl (C=O) groups excluding carboxylic acids is 2. The monoisotopic (exact) mass is 330 g/mol. The zero-order valence-electron chi connectivity index (χ0n) is 11.8. The lowest BCUT2D eigenvalue weighted by atomic mass is 10.2. The van der Waals surface area contributed by atoms with E-state index < -0.39 is 18.5 Å². The molecule has 1 aromatic heterocycles. The number of nitrogens with one attached hydrogen (secondary N) is 1. The standard InChI is InChI=1S/C16H11ClN2O4/c17-11-3-1-2-4-12(11)19-15(20)8-22-16(21)10-5-6-14-13(7-10)18-9-23-14/h1-7,9H,8H2,(H,19,20). The average molecular weight is 331 g/mol. The van der Waals surface area contributed by atoms with E-state index in [0.29, 0.717) is 21.8 Å². The minimum absolute atomic E-state index is 0.289. The van der Waals surface area contributed by atoms with Gasteiger partial charge in [-0.25, -0.2) is 9.78 Å². The van der Waals surface area contributed by atoms with Crippen LogP contribution in [0, 0.1) is 0 Å². The molecule has 0 aliphatic carbocycles. The van der Waals surface area contributed by atoms with Crippen molar-refractivity contribution in [2.45, 2.75) is 0 Å². The molecular formula is C16H11ClN2O4. The summed E-state index contributed by atoms with van der Waals surface area (Å²) in [6, 6.07) is 11.5. The quantitative estimate of drug-likeness (QED) is 0.742. The number of oxazole rings is 1. The molecule has 0 aliphatic rings. The van der Waals surface area contributed by atoms with Crippen LogP contribution in [0.4, 0.5) is 5.69 Å². The largest absolute Gasteiger partial charge is 0.452 e. The van der Waals surface area contributed by atoms with Gasteiger partial charge in [-0.15, -0.1) is 0 Å². The van der Waals surface area contributed by atoms with Gasteiger partial charge in [-0.3, -0.25) is 4.79 Å². The van der Waals surface area contributed by atoms with Crippen LogP contribution < -0.4 is 5.32 Å². The summed E-state index contributed by atoms with van der Waals surface area (Å²) in [5, 5.41) is 2.97. The maximum Gasteiger partial charge on any atom is 0.338 e. The number of amides is 1. The minimum atomic E-state index is -0.621. The molecule has 2 aromatic carbocycles. The molecule has 0 fully saturated rings. The van der Waals surface area contributed by atoms with Crippen LogP contribution in [0.5, 0.6) is 0 Å². The summed E-state index contributed by atoms with van der Waals surface area (Å²) in [6.07, 6.45) is 1.29. The Balaban J connectivity index is 1.60. The smallest absolute Gasteiger partial charge is 0.338 e. The lowest BCUT2D eigenvalue weighted by Gasteiger charge is -2.07. The van der Waals surface area contributed by atoms with Gasteiger partial charge >= 0.3 is 5.97 Å². The average Bonchev–Trinajstić information content (AvgIpc) is 3.02. The summed E-state index contributed by atoms with van der Waals surface area (Å²) < 4.78 is 10.1. The molecule has 1 N–H and O–H groups in total. The molecule has 23 heavy (non-hydrogen) atoms. The van der Waals surface area contributed by atoms with Gasteiger partial charge in [-0.2, -0.15) is 0 Å². The van der Waals surface area contributed by atoms with Gasteiger partial charge in [0.2, 0.25) is 0 Å². The zero-order valence-corrected chi connectivity index (χ0v) is 12.5. The summed E-state index contributed by atoms with van der Waals surface area (Å²) >= 11 is 5.93. The molecule has 1 amide bonds. The highest BCUT2D eigenvalue weighted by Crippen LogP contribution is 2.20. The molecule has 1 heterocycles. The van der Waals surface area contributed by atoms with Gasteiger partial charge in [0.05, 0.1) is 16.3 Å². The normalized spacial score (nSPS) is 10.5. The van der Waals surface area contributed by atoms with Crippen molar-refractivity contribution < 1.29 is 18.7 Å². The lowest BCUT2D eigenvalue weighted by Crippen LogP contribution is -2.21. The van der Waals surface area contributed by atoms with E-state index >= 15 is 0 Å². The van der Waals surface area contributed by atoms with Gasteiger partial charge < -0.3 is 14.5 Å². The van der Waals surface area contributed by atoms with E-state index in [-0.39, 0.29) is 5.56 Å². The lowest BCUT2D eigenvalue weighted by molar-refractivity contribution is -0.119. The van der Waals surface area contributed by atoms with Gasteiger partial charge in [-0.1, -0.05) is 23.7 Å². The third-order valence-electron chi connectivity index (χ3n) is 3.05. The number of para-hydroxylation sites is 1. The highest BCUT2D eigenvalue weighted by molar-refractivity contribution is 6.33. The Morgan fingerprint density at radius 3 is 2.87 bits per heavy atom. The van der Waals surface area contributed by atoms with E-state index in [1.807, 2.05) is 0 Å². The third-order valence-corrected chi connectivity index (χ3v) is 3.38. The summed E-state index contributed by atoms with van der Waals surface area (Å²) in [5.41, 5.74) is 1.86. The predicted molar refractivity (Wildman–Crippen MR) is 84.4 cm³/mol. The van der Waals surface area contributed by atoms with Gasteiger partial charge in [0.15, 0.2) is 18.6 Å². The van der Waals surface area contributed by atoms with Crippen LogP contribution in [0.2, 0.25) is 5.02 Å². The summed E-state index contributed by atoms with van der Waals surface area (Å²) in [5.74, 6) is -1.10. The first-order valence-corrected chi connectivity index (χ1v) is 7.06. The van der Waals surface area contributed by atoms with Crippen molar-refractivity contribution >= 4 is 40.3 Å². The molecular weight excluding hydrogens is 320 g/mol. The maximum absolute atomic E-state index is 11.9. The van der Waals surface area contributed by atoms with Crippen LogP contribution >= 0.6 is 11.6 Å². The number of rotatable bonds is 4. The van der Waals surface area contributed by atoms with Crippen LogP contribution in [0.15, 0.2) is 53.3 Å². The number of anilines is 1. The number of fused-ring (bicyclic) bond motifs is 1. The Labute approximate surface area is 136 Å². The predicted octanol–water partition coefficient (Wildman–Crippen LogP) is 3.28. The Hall–Kier alpha value is -2.86. The van der Waals surface area contributed by atoms with Crippen molar-refractivity contribution in [3.63, 3.8) is 0 Å². The van der Waals surface area contributed by atoms with E-state index in [1.165, 1.54) is 12.5 Å². The summed E-state index contributed by atoms with van der Waals surface area (Å²) in [4.78, 5) is 27.7. The Morgan fingerprint density at radius 1 is 1.22 bits per heavy atom. The van der Waals surface area contributed by atoms with Crippen molar-refractivity contribution in [1.29, 1.82) is 0 Å².